The number of pyridine rings is 1. The van der Waals surface area contributed by atoms with Crippen molar-refractivity contribution in [3.63, 3.8) is 0 Å². The third-order valence-corrected chi connectivity index (χ3v) is 4.83. The van der Waals surface area contributed by atoms with E-state index in [1.807, 2.05) is 43.3 Å². The minimum atomic E-state index is -0.501. The van der Waals surface area contributed by atoms with Crippen molar-refractivity contribution in [3.8, 4) is 6.07 Å². The van der Waals surface area contributed by atoms with Crippen LogP contribution in [0.2, 0.25) is 5.02 Å². The molecule has 0 radical (unpaired) electrons. The highest BCUT2D eigenvalue weighted by Crippen LogP contribution is 2.34. The zero-order valence-electron chi connectivity index (χ0n) is 11.2. The Bertz CT molecular complexity index is 592. The number of benzene rings is 1. The number of rotatable bonds is 5. The van der Waals surface area contributed by atoms with E-state index in [4.69, 9.17) is 11.6 Å². The Hall–Kier alpha value is -1.50. The van der Waals surface area contributed by atoms with E-state index in [0.717, 1.165) is 21.9 Å². The van der Waals surface area contributed by atoms with Crippen LogP contribution in [0.5, 0.6) is 0 Å². The van der Waals surface area contributed by atoms with Crippen LogP contribution in [0.4, 0.5) is 0 Å². The molecule has 1 aromatic carbocycles. The van der Waals surface area contributed by atoms with Gasteiger partial charge in [-0.2, -0.15) is 5.26 Å². The maximum Gasteiger partial charge on any atom is 0.0928 e. The van der Waals surface area contributed by atoms with Gasteiger partial charge in [0.15, 0.2) is 0 Å². The highest BCUT2D eigenvalue weighted by Gasteiger charge is 2.30. The van der Waals surface area contributed by atoms with Crippen LogP contribution in [0.25, 0.3) is 0 Å². The number of hydrogen-bond acceptors (Lipinski definition) is 3. The van der Waals surface area contributed by atoms with Crippen molar-refractivity contribution < 1.29 is 0 Å². The lowest BCUT2D eigenvalue weighted by Gasteiger charge is -2.24. The molecule has 2 nitrogen and oxygen atoms in total. The number of thioether (sulfide) groups is 1. The first-order valence-corrected chi connectivity index (χ1v) is 7.76. The van der Waals surface area contributed by atoms with Gasteiger partial charge in [0.25, 0.3) is 0 Å². The van der Waals surface area contributed by atoms with Crippen LogP contribution in [0.3, 0.4) is 0 Å². The number of hydrogen-bond donors (Lipinski definition) is 0. The van der Waals surface area contributed by atoms with Crippen molar-refractivity contribution in [2.75, 3.05) is 5.75 Å². The Balaban J connectivity index is 2.18. The maximum atomic E-state index is 9.64. The lowest BCUT2D eigenvalue weighted by Crippen LogP contribution is -2.26. The fourth-order valence-corrected chi connectivity index (χ4v) is 3.25. The molecule has 1 unspecified atom stereocenters. The highest BCUT2D eigenvalue weighted by atomic mass is 35.5. The number of halogens is 1. The summed E-state index contributed by atoms with van der Waals surface area (Å²) in [5.41, 5.74) is 0.477. The van der Waals surface area contributed by atoms with Gasteiger partial charge < -0.3 is 0 Å². The second-order valence-electron chi connectivity index (χ2n) is 4.53. The van der Waals surface area contributed by atoms with Gasteiger partial charge >= 0.3 is 0 Å². The second kappa shape index (κ2) is 6.78. The van der Waals surface area contributed by atoms with E-state index in [0.29, 0.717) is 5.75 Å². The average Bonchev–Trinajstić information content (AvgIpc) is 2.51. The first-order chi connectivity index (χ1) is 9.70. The monoisotopic (exact) mass is 302 g/mol. The summed E-state index contributed by atoms with van der Waals surface area (Å²) in [5, 5.41) is 10.4. The third-order valence-electron chi connectivity index (χ3n) is 3.33. The SMILES string of the molecule is CCC(C#N)(CSc1ccc(Cl)cc1)c1cccnc1. The van der Waals surface area contributed by atoms with Crippen LogP contribution in [0.1, 0.15) is 18.9 Å². The van der Waals surface area contributed by atoms with Gasteiger partial charge in [0, 0.05) is 28.1 Å². The van der Waals surface area contributed by atoms with Crippen molar-refractivity contribution in [1.82, 2.24) is 4.98 Å². The molecule has 0 fully saturated rings. The molecule has 0 aliphatic carbocycles. The summed E-state index contributed by atoms with van der Waals surface area (Å²) in [6.07, 6.45) is 4.28. The fourth-order valence-electron chi connectivity index (χ4n) is 1.95. The Morgan fingerprint density at radius 1 is 1.30 bits per heavy atom. The Morgan fingerprint density at radius 2 is 2.05 bits per heavy atom. The third kappa shape index (κ3) is 3.33. The lowest BCUT2D eigenvalue weighted by atomic mass is 9.82. The van der Waals surface area contributed by atoms with E-state index in [1.165, 1.54) is 0 Å². The van der Waals surface area contributed by atoms with E-state index in [2.05, 4.69) is 11.1 Å². The molecular weight excluding hydrogens is 288 g/mol. The van der Waals surface area contributed by atoms with Gasteiger partial charge in [0.1, 0.15) is 0 Å². The Kier molecular flexibility index (Phi) is 5.05. The van der Waals surface area contributed by atoms with E-state index in [-0.39, 0.29) is 0 Å². The smallest absolute Gasteiger partial charge is 0.0928 e. The molecule has 2 aromatic rings. The first-order valence-electron chi connectivity index (χ1n) is 6.40. The molecule has 2 rings (SSSR count). The highest BCUT2D eigenvalue weighted by molar-refractivity contribution is 7.99. The summed E-state index contributed by atoms with van der Waals surface area (Å²) in [5.74, 6) is 0.702. The maximum absolute atomic E-state index is 9.64. The zero-order chi connectivity index (χ0) is 14.4. The molecule has 0 N–H and O–H groups in total. The van der Waals surface area contributed by atoms with Crippen LogP contribution in [-0.2, 0) is 5.41 Å². The molecule has 20 heavy (non-hydrogen) atoms. The van der Waals surface area contributed by atoms with E-state index >= 15 is 0 Å². The van der Waals surface area contributed by atoms with Crippen molar-refractivity contribution in [3.05, 3.63) is 59.4 Å². The Labute approximate surface area is 128 Å². The summed E-state index contributed by atoms with van der Waals surface area (Å²) >= 11 is 7.55. The first kappa shape index (κ1) is 14.9. The molecule has 0 saturated carbocycles. The van der Waals surface area contributed by atoms with Crippen molar-refractivity contribution in [2.24, 2.45) is 0 Å². The molecule has 1 aromatic heterocycles. The zero-order valence-corrected chi connectivity index (χ0v) is 12.8. The summed E-state index contributed by atoms with van der Waals surface area (Å²) in [7, 11) is 0. The van der Waals surface area contributed by atoms with Crippen molar-refractivity contribution >= 4 is 23.4 Å². The van der Waals surface area contributed by atoms with Gasteiger partial charge in [0.05, 0.1) is 11.5 Å². The van der Waals surface area contributed by atoms with Gasteiger partial charge in [-0.25, -0.2) is 0 Å². The predicted molar refractivity (Wildman–Crippen MR) is 84.0 cm³/mol. The summed E-state index contributed by atoms with van der Waals surface area (Å²) < 4.78 is 0. The number of nitriles is 1. The largest absolute Gasteiger partial charge is 0.264 e. The van der Waals surface area contributed by atoms with E-state index < -0.39 is 5.41 Å². The molecule has 102 valence electrons. The van der Waals surface area contributed by atoms with Crippen LogP contribution < -0.4 is 0 Å². The molecule has 1 atom stereocenters. The van der Waals surface area contributed by atoms with Crippen LogP contribution in [0, 0.1) is 11.3 Å². The average molecular weight is 303 g/mol. The predicted octanol–water partition coefficient (Wildman–Crippen LogP) is 4.70. The van der Waals surface area contributed by atoms with Gasteiger partial charge in [0.2, 0.25) is 0 Å². The fraction of sp³-hybridized carbons (Fsp3) is 0.250. The molecule has 0 saturated heterocycles. The van der Waals surface area contributed by atoms with Gasteiger partial charge in [-0.15, -0.1) is 11.8 Å². The standard InChI is InChI=1S/C16H15ClN2S/c1-2-16(11-18,13-4-3-9-19-10-13)12-20-15-7-5-14(17)6-8-15/h3-10H,2,12H2,1H3. The minimum absolute atomic E-state index is 0.501. The van der Waals surface area contributed by atoms with E-state index in [9.17, 15) is 5.26 Å². The van der Waals surface area contributed by atoms with Crippen LogP contribution in [0.15, 0.2) is 53.7 Å². The summed E-state index contributed by atoms with van der Waals surface area (Å²) in [4.78, 5) is 5.25. The van der Waals surface area contributed by atoms with Crippen LogP contribution >= 0.6 is 23.4 Å². The van der Waals surface area contributed by atoms with Crippen molar-refractivity contribution in [2.45, 2.75) is 23.7 Å². The minimum Gasteiger partial charge on any atom is -0.264 e. The number of aromatic nitrogens is 1. The molecule has 1 heterocycles. The number of nitrogens with zero attached hydrogens (tertiary/aromatic N) is 2. The van der Waals surface area contributed by atoms with Crippen LogP contribution in [-0.4, -0.2) is 10.7 Å². The molecule has 0 amide bonds. The topological polar surface area (TPSA) is 36.7 Å². The van der Waals surface area contributed by atoms with Gasteiger partial charge in [-0.1, -0.05) is 24.6 Å². The normalized spacial score (nSPS) is 13.4. The lowest BCUT2D eigenvalue weighted by molar-refractivity contribution is 0.595. The van der Waals surface area contributed by atoms with Gasteiger partial charge in [-0.3, -0.25) is 4.98 Å². The molecule has 0 aliphatic rings. The summed E-state index contributed by atoms with van der Waals surface area (Å²) in [6.45, 7) is 2.04. The second-order valence-corrected chi connectivity index (χ2v) is 6.02. The molecule has 0 aliphatic heterocycles. The molecule has 0 spiro atoms. The molecular formula is C16H15ClN2S. The quantitative estimate of drug-likeness (QED) is 0.751. The van der Waals surface area contributed by atoms with Gasteiger partial charge in [-0.05, 0) is 42.3 Å². The molecule has 0 bridgehead atoms. The molecule has 4 heteroatoms. The Morgan fingerprint density at radius 3 is 2.60 bits per heavy atom. The summed E-state index contributed by atoms with van der Waals surface area (Å²) in [6, 6.07) is 14.0. The van der Waals surface area contributed by atoms with E-state index in [1.54, 1.807) is 24.2 Å². The van der Waals surface area contributed by atoms with Crippen molar-refractivity contribution in [1.29, 1.82) is 5.26 Å².